The number of hydrogen-bond acceptors (Lipinski definition) is 3. The van der Waals surface area contributed by atoms with Gasteiger partial charge in [0.25, 0.3) is 0 Å². The molecule has 0 aromatic carbocycles. The van der Waals surface area contributed by atoms with Crippen LogP contribution in [-0.4, -0.2) is 6.54 Å². The summed E-state index contributed by atoms with van der Waals surface area (Å²) in [6, 6.07) is 6.61. The van der Waals surface area contributed by atoms with Gasteiger partial charge >= 0.3 is 0 Å². The molecule has 0 saturated heterocycles. The van der Waals surface area contributed by atoms with E-state index >= 15 is 0 Å². The van der Waals surface area contributed by atoms with Gasteiger partial charge in [-0.1, -0.05) is 6.07 Å². The molecule has 16 heavy (non-hydrogen) atoms. The van der Waals surface area contributed by atoms with Gasteiger partial charge < -0.3 is 5.32 Å². The average molecular weight is 251 g/mol. The molecule has 0 aliphatic heterocycles. The molecular formula is C13H17NS2. The summed E-state index contributed by atoms with van der Waals surface area (Å²) in [5.74, 6) is 0. The molecule has 3 heteroatoms. The van der Waals surface area contributed by atoms with Crippen LogP contribution in [0.2, 0.25) is 0 Å². The van der Waals surface area contributed by atoms with Crippen LogP contribution >= 0.6 is 22.7 Å². The van der Waals surface area contributed by atoms with Gasteiger partial charge in [0.2, 0.25) is 0 Å². The molecule has 2 aromatic heterocycles. The highest BCUT2D eigenvalue weighted by Gasteiger charge is 2.00. The maximum atomic E-state index is 3.50. The van der Waals surface area contributed by atoms with Crippen LogP contribution in [0.4, 0.5) is 0 Å². The van der Waals surface area contributed by atoms with Crippen molar-refractivity contribution < 1.29 is 0 Å². The molecule has 1 N–H and O–H groups in total. The molecule has 2 heterocycles. The molecule has 0 saturated carbocycles. The maximum Gasteiger partial charge on any atom is 0.0300 e. The van der Waals surface area contributed by atoms with Gasteiger partial charge in [0, 0.05) is 27.7 Å². The zero-order valence-corrected chi connectivity index (χ0v) is 11.4. The molecule has 0 bridgehead atoms. The number of hydrogen-bond donors (Lipinski definition) is 1. The molecule has 0 radical (unpaired) electrons. The van der Waals surface area contributed by atoms with Crippen molar-refractivity contribution in [3.63, 3.8) is 0 Å². The molecule has 0 unspecified atom stereocenters. The highest BCUT2D eigenvalue weighted by atomic mass is 32.1. The summed E-state index contributed by atoms with van der Waals surface area (Å²) < 4.78 is 0. The third-order valence-corrected chi connectivity index (χ3v) is 4.73. The van der Waals surface area contributed by atoms with Crippen LogP contribution in [0.25, 0.3) is 0 Å². The summed E-state index contributed by atoms with van der Waals surface area (Å²) in [5.41, 5.74) is 1.42. The molecule has 0 fully saturated rings. The Kier molecular flexibility index (Phi) is 4.16. The van der Waals surface area contributed by atoms with E-state index in [1.54, 1.807) is 0 Å². The van der Waals surface area contributed by atoms with Crippen molar-refractivity contribution in [3.8, 4) is 0 Å². The van der Waals surface area contributed by atoms with Gasteiger partial charge in [0.05, 0.1) is 0 Å². The fourth-order valence-corrected chi connectivity index (χ4v) is 3.35. The van der Waals surface area contributed by atoms with Crippen LogP contribution in [0.5, 0.6) is 0 Å². The third kappa shape index (κ3) is 3.17. The summed E-state index contributed by atoms with van der Waals surface area (Å²) in [5, 5.41) is 5.64. The van der Waals surface area contributed by atoms with Crippen molar-refractivity contribution in [3.05, 3.63) is 43.8 Å². The van der Waals surface area contributed by atoms with E-state index < -0.39 is 0 Å². The minimum absolute atomic E-state index is 1.00. The van der Waals surface area contributed by atoms with Gasteiger partial charge in [0.15, 0.2) is 0 Å². The second kappa shape index (κ2) is 5.62. The second-order valence-corrected chi connectivity index (χ2v) is 6.33. The second-order valence-electron chi connectivity index (χ2n) is 3.96. The fourth-order valence-electron chi connectivity index (χ4n) is 1.61. The number of nitrogens with one attached hydrogen (secondary N) is 1. The molecule has 0 aliphatic rings. The Hall–Kier alpha value is -0.640. The van der Waals surface area contributed by atoms with Crippen molar-refractivity contribution >= 4 is 22.7 Å². The maximum absolute atomic E-state index is 3.50. The summed E-state index contributed by atoms with van der Waals surface area (Å²) in [6.45, 7) is 6.44. The van der Waals surface area contributed by atoms with Crippen LogP contribution in [0.3, 0.4) is 0 Å². The first kappa shape index (κ1) is 11.8. The van der Waals surface area contributed by atoms with Gasteiger partial charge in [0.1, 0.15) is 0 Å². The van der Waals surface area contributed by atoms with Crippen LogP contribution in [0, 0.1) is 13.8 Å². The van der Waals surface area contributed by atoms with Crippen LogP contribution in [0.15, 0.2) is 23.6 Å². The highest BCUT2D eigenvalue weighted by molar-refractivity contribution is 7.12. The summed E-state index contributed by atoms with van der Waals surface area (Å²) in [4.78, 5) is 4.35. The van der Waals surface area contributed by atoms with Crippen LogP contribution in [0.1, 0.15) is 20.2 Å². The normalized spacial score (nSPS) is 10.9. The smallest absolute Gasteiger partial charge is 0.0300 e. The quantitative estimate of drug-likeness (QED) is 0.798. The minimum atomic E-state index is 1.00. The van der Waals surface area contributed by atoms with Gasteiger partial charge in [-0.2, -0.15) is 0 Å². The topological polar surface area (TPSA) is 12.0 Å². The number of thiophene rings is 2. The Bertz CT molecular complexity index is 409. The lowest BCUT2D eigenvalue weighted by Gasteiger charge is -2.01. The monoisotopic (exact) mass is 251 g/mol. The number of aryl methyl sites for hydroxylation is 2. The van der Waals surface area contributed by atoms with Crippen molar-refractivity contribution in [1.82, 2.24) is 5.32 Å². The predicted molar refractivity (Wildman–Crippen MR) is 73.5 cm³/mol. The zero-order valence-electron chi connectivity index (χ0n) is 9.75. The summed E-state index contributed by atoms with van der Waals surface area (Å²) >= 11 is 3.74. The molecule has 0 aliphatic carbocycles. The lowest BCUT2D eigenvalue weighted by molar-refractivity contribution is 0.697. The van der Waals surface area contributed by atoms with E-state index in [4.69, 9.17) is 0 Å². The number of rotatable bonds is 5. The molecular weight excluding hydrogens is 234 g/mol. The molecule has 86 valence electrons. The van der Waals surface area contributed by atoms with Crippen LogP contribution < -0.4 is 5.32 Å². The lowest BCUT2D eigenvalue weighted by Crippen LogP contribution is -2.15. The summed E-state index contributed by atoms with van der Waals surface area (Å²) in [7, 11) is 0. The Morgan fingerprint density at radius 1 is 1.25 bits per heavy atom. The Labute approximate surface area is 105 Å². The van der Waals surface area contributed by atoms with Crippen LogP contribution in [-0.2, 0) is 13.0 Å². The van der Waals surface area contributed by atoms with Crippen molar-refractivity contribution in [2.75, 3.05) is 6.54 Å². The van der Waals surface area contributed by atoms with Gasteiger partial charge in [-0.25, -0.2) is 0 Å². The average Bonchev–Trinajstić information content (AvgIpc) is 2.85. The van der Waals surface area contributed by atoms with E-state index in [1.807, 2.05) is 22.7 Å². The molecule has 2 aromatic rings. The Morgan fingerprint density at radius 3 is 2.75 bits per heavy atom. The van der Waals surface area contributed by atoms with E-state index in [2.05, 4.69) is 42.7 Å². The molecule has 2 rings (SSSR count). The van der Waals surface area contributed by atoms with E-state index in [1.165, 1.54) is 20.2 Å². The Balaban J connectivity index is 1.72. The van der Waals surface area contributed by atoms with Gasteiger partial charge in [-0.05, 0) is 43.3 Å². The standard InChI is InChI=1S/C13H17NS2/c1-10-8-13(16-11(10)2)9-14-6-5-12-4-3-7-15-12/h3-4,7-8,14H,5-6,9H2,1-2H3. The SMILES string of the molecule is Cc1cc(CNCCc2cccs2)sc1C. The van der Waals surface area contributed by atoms with E-state index in [-0.39, 0.29) is 0 Å². The predicted octanol–water partition coefficient (Wildman–Crippen LogP) is 3.76. The fraction of sp³-hybridized carbons (Fsp3) is 0.385. The van der Waals surface area contributed by atoms with Crippen molar-refractivity contribution in [2.24, 2.45) is 0 Å². The molecule has 0 atom stereocenters. The summed E-state index contributed by atoms with van der Waals surface area (Å²) in [6.07, 6.45) is 1.14. The van der Waals surface area contributed by atoms with Gasteiger partial charge in [-0.3, -0.25) is 0 Å². The first-order valence-corrected chi connectivity index (χ1v) is 7.24. The molecule has 0 spiro atoms. The first-order valence-electron chi connectivity index (χ1n) is 5.54. The zero-order chi connectivity index (χ0) is 11.4. The molecule has 1 nitrogen and oxygen atoms in total. The largest absolute Gasteiger partial charge is 0.311 e. The minimum Gasteiger partial charge on any atom is -0.311 e. The Morgan fingerprint density at radius 2 is 2.12 bits per heavy atom. The lowest BCUT2D eigenvalue weighted by atomic mass is 10.3. The van der Waals surface area contributed by atoms with Gasteiger partial charge in [-0.15, -0.1) is 22.7 Å². The highest BCUT2D eigenvalue weighted by Crippen LogP contribution is 2.20. The van der Waals surface area contributed by atoms with E-state index in [0.29, 0.717) is 0 Å². The first-order chi connectivity index (χ1) is 7.75. The van der Waals surface area contributed by atoms with E-state index in [9.17, 15) is 0 Å². The third-order valence-electron chi connectivity index (χ3n) is 2.64. The molecule has 0 amide bonds. The van der Waals surface area contributed by atoms with E-state index in [0.717, 1.165) is 19.5 Å². The van der Waals surface area contributed by atoms with Crippen molar-refractivity contribution in [2.45, 2.75) is 26.8 Å². The van der Waals surface area contributed by atoms with Crippen molar-refractivity contribution in [1.29, 1.82) is 0 Å².